The number of hydrogen-bond acceptors (Lipinski definition) is 6. The predicted octanol–water partition coefficient (Wildman–Crippen LogP) is 17.7. The van der Waals surface area contributed by atoms with E-state index in [9.17, 15) is 14.4 Å². The number of esters is 3. The molecule has 362 valence electrons. The van der Waals surface area contributed by atoms with Crippen LogP contribution in [0, 0.1) is 0 Å². The Morgan fingerprint density at radius 3 is 0.903 bits per heavy atom. The molecule has 0 bridgehead atoms. The van der Waals surface area contributed by atoms with Crippen LogP contribution in [0.4, 0.5) is 0 Å². The highest BCUT2D eigenvalue weighted by Crippen LogP contribution is 2.16. The molecule has 0 spiro atoms. The Hall–Kier alpha value is -2.37. The predicted molar refractivity (Wildman–Crippen MR) is 266 cm³/mol. The molecule has 0 amide bonds. The second kappa shape index (κ2) is 51.3. The third-order valence-corrected chi connectivity index (χ3v) is 11.9. The lowest BCUT2D eigenvalue weighted by Crippen LogP contribution is -2.30. The van der Waals surface area contributed by atoms with Crippen LogP contribution in [0.2, 0.25) is 0 Å². The van der Waals surface area contributed by atoms with E-state index in [2.05, 4.69) is 57.2 Å². The number of carbonyl (C=O) groups excluding carboxylic acids is 3. The average molecular weight is 871 g/mol. The summed E-state index contributed by atoms with van der Waals surface area (Å²) >= 11 is 0. The molecule has 0 aliphatic rings. The van der Waals surface area contributed by atoms with E-state index in [0.717, 1.165) is 77.0 Å². The molecule has 62 heavy (non-hydrogen) atoms. The molecule has 0 heterocycles. The standard InChI is InChI=1S/C56H102O6/c1-4-7-10-13-16-18-20-22-24-25-26-27-28-29-30-31-33-34-36-38-40-43-46-49-55(58)61-52-53(51-60-54(57)48-45-42-15-12-9-6-3)62-56(59)50-47-44-41-39-37-35-32-23-21-19-17-14-11-8-5-2/h20,22,25-26,28-29,53H,4-19,21,23-24,27,30-52H2,1-3H3/b22-20-,26-25-,29-28-. The molecule has 6 heteroatoms. The van der Waals surface area contributed by atoms with Crippen molar-refractivity contribution in [3.63, 3.8) is 0 Å². The zero-order valence-corrected chi connectivity index (χ0v) is 41.4. The average Bonchev–Trinajstić information content (AvgIpc) is 3.27. The summed E-state index contributed by atoms with van der Waals surface area (Å²) in [6, 6.07) is 0. The van der Waals surface area contributed by atoms with Gasteiger partial charge in [0, 0.05) is 19.3 Å². The molecule has 6 nitrogen and oxygen atoms in total. The van der Waals surface area contributed by atoms with Crippen molar-refractivity contribution in [3.05, 3.63) is 36.5 Å². The number of allylic oxidation sites excluding steroid dienone is 6. The maximum absolute atomic E-state index is 12.7. The summed E-state index contributed by atoms with van der Waals surface area (Å²) in [5.74, 6) is -0.877. The second-order valence-electron chi connectivity index (χ2n) is 18.2. The van der Waals surface area contributed by atoms with Gasteiger partial charge in [-0.1, -0.05) is 243 Å². The van der Waals surface area contributed by atoms with Crippen molar-refractivity contribution in [1.29, 1.82) is 0 Å². The van der Waals surface area contributed by atoms with Crippen molar-refractivity contribution in [2.75, 3.05) is 13.2 Å². The molecule has 0 aliphatic heterocycles. The van der Waals surface area contributed by atoms with Crippen LogP contribution in [0.1, 0.15) is 284 Å². The second-order valence-corrected chi connectivity index (χ2v) is 18.2. The van der Waals surface area contributed by atoms with Gasteiger partial charge in [-0.05, 0) is 57.8 Å². The van der Waals surface area contributed by atoms with E-state index >= 15 is 0 Å². The normalized spacial score (nSPS) is 12.2. The zero-order valence-electron chi connectivity index (χ0n) is 41.4. The summed E-state index contributed by atoms with van der Waals surface area (Å²) in [6.07, 6.45) is 60.1. The van der Waals surface area contributed by atoms with Crippen molar-refractivity contribution in [3.8, 4) is 0 Å². The largest absolute Gasteiger partial charge is 0.462 e. The van der Waals surface area contributed by atoms with Gasteiger partial charge in [0.25, 0.3) is 0 Å². The number of carbonyl (C=O) groups is 3. The molecule has 1 unspecified atom stereocenters. The van der Waals surface area contributed by atoms with Crippen LogP contribution >= 0.6 is 0 Å². The quantitative estimate of drug-likeness (QED) is 0.0262. The van der Waals surface area contributed by atoms with E-state index in [1.54, 1.807) is 0 Å². The molecule has 0 fully saturated rings. The first-order chi connectivity index (χ1) is 30.5. The minimum atomic E-state index is -0.768. The monoisotopic (exact) mass is 871 g/mol. The Labute approximate surface area is 385 Å². The fourth-order valence-electron chi connectivity index (χ4n) is 7.80. The first kappa shape index (κ1) is 59.6. The third kappa shape index (κ3) is 48.7. The van der Waals surface area contributed by atoms with Crippen molar-refractivity contribution in [2.45, 2.75) is 290 Å². The minimum Gasteiger partial charge on any atom is -0.462 e. The molecule has 0 radical (unpaired) electrons. The van der Waals surface area contributed by atoms with E-state index in [-0.39, 0.29) is 31.1 Å². The Morgan fingerprint density at radius 1 is 0.323 bits per heavy atom. The highest BCUT2D eigenvalue weighted by atomic mass is 16.6. The van der Waals surface area contributed by atoms with Crippen LogP contribution < -0.4 is 0 Å². The first-order valence-electron chi connectivity index (χ1n) is 27.0. The zero-order chi connectivity index (χ0) is 45.1. The van der Waals surface area contributed by atoms with Gasteiger partial charge in [-0.3, -0.25) is 14.4 Å². The molecule has 0 rings (SSSR count). The van der Waals surface area contributed by atoms with Gasteiger partial charge in [-0.25, -0.2) is 0 Å². The van der Waals surface area contributed by atoms with E-state index in [4.69, 9.17) is 14.2 Å². The lowest BCUT2D eigenvalue weighted by atomic mass is 10.0. The summed E-state index contributed by atoms with van der Waals surface area (Å²) in [4.78, 5) is 37.8. The van der Waals surface area contributed by atoms with Gasteiger partial charge in [0.05, 0.1) is 0 Å². The molecule has 1 atom stereocenters. The van der Waals surface area contributed by atoms with Crippen LogP contribution in [-0.2, 0) is 28.6 Å². The summed E-state index contributed by atoms with van der Waals surface area (Å²) < 4.78 is 16.7. The number of unbranched alkanes of at least 4 members (excludes halogenated alkanes) is 32. The number of hydrogen-bond donors (Lipinski definition) is 0. The highest BCUT2D eigenvalue weighted by molar-refractivity contribution is 5.71. The fraction of sp³-hybridized carbons (Fsp3) is 0.839. The molecule has 0 aromatic rings. The Balaban J connectivity index is 4.15. The van der Waals surface area contributed by atoms with Crippen molar-refractivity contribution in [2.24, 2.45) is 0 Å². The Kier molecular flexibility index (Phi) is 49.3. The van der Waals surface area contributed by atoms with Crippen molar-refractivity contribution >= 4 is 17.9 Å². The van der Waals surface area contributed by atoms with Gasteiger partial charge in [0.1, 0.15) is 13.2 Å². The SMILES string of the molecule is CCCCCCC/C=C\C/C=C\C/C=C\CCCCCCCCCCC(=O)OCC(COC(=O)CCCCCCCC)OC(=O)CCCCCCCCCCCCCCCCC. The molecule has 0 saturated carbocycles. The lowest BCUT2D eigenvalue weighted by molar-refractivity contribution is -0.167. The minimum absolute atomic E-state index is 0.0718. The molecule has 0 saturated heterocycles. The van der Waals surface area contributed by atoms with Crippen LogP contribution in [0.15, 0.2) is 36.5 Å². The van der Waals surface area contributed by atoms with E-state index in [0.29, 0.717) is 19.3 Å². The third-order valence-electron chi connectivity index (χ3n) is 11.9. The summed E-state index contributed by atoms with van der Waals surface area (Å²) in [7, 11) is 0. The van der Waals surface area contributed by atoms with Crippen LogP contribution in [-0.4, -0.2) is 37.2 Å². The summed E-state index contributed by atoms with van der Waals surface area (Å²) in [5, 5.41) is 0. The lowest BCUT2D eigenvalue weighted by Gasteiger charge is -2.18. The molecular formula is C56H102O6. The smallest absolute Gasteiger partial charge is 0.306 e. The maximum atomic E-state index is 12.7. The van der Waals surface area contributed by atoms with Crippen LogP contribution in [0.3, 0.4) is 0 Å². The van der Waals surface area contributed by atoms with Gasteiger partial charge >= 0.3 is 17.9 Å². The summed E-state index contributed by atoms with van der Waals surface area (Å²) in [5.41, 5.74) is 0. The maximum Gasteiger partial charge on any atom is 0.306 e. The Morgan fingerprint density at radius 2 is 0.581 bits per heavy atom. The van der Waals surface area contributed by atoms with Crippen LogP contribution in [0.25, 0.3) is 0 Å². The van der Waals surface area contributed by atoms with Crippen molar-refractivity contribution < 1.29 is 28.6 Å². The highest BCUT2D eigenvalue weighted by Gasteiger charge is 2.19. The fourth-order valence-corrected chi connectivity index (χ4v) is 7.80. The van der Waals surface area contributed by atoms with Crippen molar-refractivity contribution in [1.82, 2.24) is 0 Å². The first-order valence-corrected chi connectivity index (χ1v) is 27.0. The van der Waals surface area contributed by atoms with E-state index in [1.807, 2.05) is 0 Å². The molecule has 0 N–H and O–H groups in total. The number of rotatable bonds is 49. The summed E-state index contributed by atoms with van der Waals surface area (Å²) in [6.45, 7) is 6.59. The molecular weight excluding hydrogens is 769 g/mol. The van der Waals surface area contributed by atoms with E-state index in [1.165, 1.54) is 167 Å². The van der Waals surface area contributed by atoms with Gasteiger partial charge in [-0.15, -0.1) is 0 Å². The van der Waals surface area contributed by atoms with E-state index < -0.39 is 6.10 Å². The van der Waals surface area contributed by atoms with Gasteiger partial charge in [0.15, 0.2) is 6.10 Å². The molecule has 0 aromatic carbocycles. The van der Waals surface area contributed by atoms with Crippen LogP contribution in [0.5, 0.6) is 0 Å². The van der Waals surface area contributed by atoms with Gasteiger partial charge < -0.3 is 14.2 Å². The topological polar surface area (TPSA) is 78.9 Å². The van der Waals surface area contributed by atoms with Gasteiger partial charge in [0.2, 0.25) is 0 Å². The number of ether oxygens (including phenoxy) is 3. The molecule has 0 aliphatic carbocycles. The van der Waals surface area contributed by atoms with Gasteiger partial charge in [-0.2, -0.15) is 0 Å². The molecule has 0 aromatic heterocycles. The Bertz CT molecular complexity index is 1050.